The zero-order valence-electron chi connectivity index (χ0n) is 8.45. The molecule has 16 heavy (non-hydrogen) atoms. The minimum absolute atomic E-state index is 0.0234. The van der Waals surface area contributed by atoms with Crippen molar-refractivity contribution in [3.05, 3.63) is 23.8 Å². The van der Waals surface area contributed by atoms with Crippen molar-refractivity contribution in [1.29, 1.82) is 0 Å². The van der Waals surface area contributed by atoms with Crippen LogP contribution >= 0.6 is 0 Å². The number of halogens is 2. The Hall–Kier alpha value is -1.65. The molecule has 3 nitrogen and oxygen atoms in total. The van der Waals surface area contributed by atoms with Gasteiger partial charge >= 0.3 is 6.61 Å². The van der Waals surface area contributed by atoms with E-state index in [0.717, 1.165) is 12.8 Å². The minimum Gasteiger partial charge on any atom is -0.433 e. The molecule has 0 unspecified atom stereocenters. The second-order valence-corrected chi connectivity index (χ2v) is 3.77. The number of carbonyl (C=O) groups excluding carboxylic acids is 1. The van der Waals surface area contributed by atoms with E-state index in [1.165, 1.54) is 18.2 Å². The smallest absolute Gasteiger partial charge is 0.387 e. The number of alkyl halides is 2. The number of hydrogen-bond acceptors (Lipinski definition) is 3. The van der Waals surface area contributed by atoms with Crippen molar-refractivity contribution in [3.8, 4) is 5.75 Å². The van der Waals surface area contributed by atoms with Gasteiger partial charge in [-0.15, -0.1) is 0 Å². The lowest BCUT2D eigenvalue weighted by atomic mass is 10.1. The first-order chi connectivity index (χ1) is 7.58. The Morgan fingerprint density at radius 3 is 2.62 bits per heavy atom. The number of ether oxygens (including phenoxy) is 1. The summed E-state index contributed by atoms with van der Waals surface area (Å²) in [4.78, 5) is 11.6. The maximum absolute atomic E-state index is 12.0. The maximum Gasteiger partial charge on any atom is 0.387 e. The molecule has 2 N–H and O–H groups in total. The van der Waals surface area contributed by atoms with Crippen molar-refractivity contribution in [2.75, 3.05) is 5.73 Å². The number of hydrogen-bond donors (Lipinski definition) is 1. The van der Waals surface area contributed by atoms with Crippen LogP contribution in [-0.2, 0) is 0 Å². The van der Waals surface area contributed by atoms with E-state index < -0.39 is 6.61 Å². The molecule has 0 radical (unpaired) electrons. The molecule has 0 aliphatic heterocycles. The Labute approximate surface area is 91.2 Å². The van der Waals surface area contributed by atoms with Crippen LogP contribution in [0.5, 0.6) is 5.75 Å². The van der Waals surface area contributed by atoms with Crippen LogP contribution in [0.25, 0.3) is 0 Å². The summed E-state index contributed by atoms with van der Waals surface area (Å²) in [5, 5.41) is 0. The van der Waals surface area contributed by atoms with Gasteiger partial charge in [0.15, 0.2) is 5.78 Å². The van der Waals surface area contributed by atoms with Gasteiger partial charge in [-0.25, -0.2) is 0 Å². The predicted octanol–water partition coefficient (Wildman–Crippen LogP) is 2.46. The van der Waals surface area contributed by atoms with Gasteiger partial charge in [-0.1, -0.05) is 0 Å². The SMILES string of the molecule is Nc1cc(C(=O)C2CC2)ccc1OC(F)F. The number of rotatable bonds is 4. The molecule has 1 aliphatic carbocycles. The standard InChI is InChI=1S/C11H11F2NO2/c12-11(13)16-9-4-3-7(5-8(9)14)10(15)6-1-2-6/h3-6,11H,1-2,14H2. The fourth-order valence-electron chi connectivity index (χ4n) is 1.49. The van der Waals surface area contributed by atoms with Crippen LogP contribution in [0.3, 0.4) is 0 Å². The number of ketones is 1. The van der Waals surface area contributed by atoms with Crippen molar-refractivity contribution in [1.82, 2.24) is 0 Å². The van der Waals surface area contributed by atoms with Crippen molar-refractivity contribution >= 4 is 11.5 Å². The highest BCUT2D eigenvalue weighted by atomic mass is 19.3. The minimum atomic E-state index is -2.91. The number of carbonyl (C=O) groups is 1. The lowest BCUT2D eigenvalue weighted by Crippen LogP contribution is -2.07. The summed E-state index contributed by atoms with van der Waals surface area (Å²) in [6, 6.07) is 4.16. The first-order valence-corrected chi connectivity index (χ1v) is 4.96. The van der Waals surface area contributed by atoms with Crippen LogP contribution < -0.4 is 10.5 Å². The average Bonchev–Trinajstić information content (AvgIpc) is 3.03. The van der Waals surface area contributed by atoms with Crippen molar-refractivity contribution in [3.63, 3.8) is 0 Å². The van der Waals surface area contributed by atoms with Gasteiger partial charge in [0.05, 0.1) is 5.69 Å². The highest BCUT2D eigenvalue weighted by Crippen LogP contribution is 2.34. The molecule has 0 heterocycles. The van der Waals surface area contributed by atoms with E-state index in [1.807, 2.05) is 0 Å². The Morgan fingerprint density at radius 2 is 2.12 bits per heavy atom. The number of anilines is 1. The topological polar surface area (TPSA) is 52.3 Å². The van der Waals surface area contributed by atoms with Gasteiger partial charge in [0.25, 0.3) is 0 Å². The molecule has 0 aromatic heterocycles. The molecular weight excluding hydrogens is 216 g/mol. The molecule has 5 heteroatoms. The summed E-state index contributed by atoms with van der Waals surface area (Å²) < 4.78 is 28.1. The predicted molar refractivity (Wildman–Crippen MR) is 54.5 cm³/mol. The summed E-state index contributed by atoms with van der Waals surface area (Å²) >= 11 is 0. The summed E-state index contributed by atoms with van der Waals surface area (Å²) in [5.41, 5.74) is 6.04. The van der Waals surface area contributed by atoms with Crippen LogP contribution in [0.4, 0.5) is 14.5 Å². The van der Waals surface area contributed by atoms with Gasteiger partial charge in [0, 0.05) is 11.5 Å². The molecule has 1 aliphatic rings. The van der Waals surface area contributed by atoms with Crippen LogP contribution in [-0.4, -0.2) is 12.4 Å². The quantitative estimate of drug-likeness (QED) is 0.635. The van der Waals surface area contributed by atoms with Gasteiger partial charge in [0.2, 0.25) is 0 Å². The Kier molecular flexibility index (Phi) is 2.77. The third-order valence-electron chi connectivity index (χ3n) is 2.46. The molecule has 1 saturated carbocycles. The summed E-state index contributed by atoms with van der Waals surface area (Å²) in [6.07, 6.45) is 1.79. The van der Waals surface area contributed by atoms with Gasteiger partial charge in [-0.05, 0) is 31.0 Å². The maximum atomic E-state index is 12.0. The van der Waals surface area contributed by atoms with Crippen LogP contribution in [0.15, 0.2) is 18.2 Å². The van der Waals surface area contributed by atoms with E-state index in [1.54, 1.807) is 0 Å². The largest absolute Gasteiger partial charge is 0.433 e. The normalized spacial score (nSPS) is 15.2. The summed E-state index contributed by atoms with van der Waals surface area (Å²) in [5.74, 6) is 0.0129. The van der Waals surface area contributed by atoms with E-state index in [9.17, 15) is 13.6 Å². The Morgan fingerprint density at radius 1 is 1.44 bits per heavy atom. The van der Waals surface area contributed by atoms with Crippen molar-refractivity contribution in [2.24, 2.45) is 5.92 Å². The number of benzene rings is 1. The number of nitrogen functional groups attached to an aromatic ring is 1. The monoisotopic (exact) mass is 227 g/mol. The highest BCUT2D eigenvalue weighted by Gasteiger charge is 2.30. The molecule has 1 aromatic rings. The van der Waals surface area contributed by atoms with Crippen LogP contribution in [0.1, 0.15) is 23.2 Å². The van der Waals surface area contributed by atoms with Crippen molar-refractivity contribution < 1.29 is 18.3 Å². The Bertz CT molecular complexity index is 416. The Balaban J connectivity index is 2.18. The van der Waals surface area contributed by atoms with E-state index >= 15 is 0 Å². The fourth-order valence-corrected chi connectivity index (χ4v) is 1.49. The van der Waals surface area contributed by atoms with E-state index in [-0.39, 0.29) is 23.1 Å². The third kappa shape index (κ3) is 2.29. The molecule has 0 atom stereocenters. The first kappa shape index (κ1) is 10.9. The molecule has 0 spiro atoms. The van der Waals surface area contributed by atoms with E-state index in [2.05, 4.69) is 4.74 Å². The second kappa shape index (κ2) is 4.08. The van der Waals surface area contributed by atoms with Gasteiger partial charge in [-0.2, -0.15) is 8.78 Å². The molecule has 0 amide bonds. The van der Waals surface area contributed by atoms with E-state index in [4.69, 9.17) is 5.73 Å². The van der Waals surface area contributed by atoms with Gasteiger partial charge in [-0.3, -0.25) is 4.79 Å². The number of Topliss-reactive ketones (excluding diaryl/α,β-unsaturated/α-hetero) is 1. The lowest BCUT2D eigenvalue weighted by Gasteiger charge is -2.08. The van der Waals surface area contributed by atoms with E-state index in [0.29, 0.717) is 5.56 Å². The zero-order chi connectivity index (χ0) is 11.7. The third-order valence-corrected chi connectivity index (χ3v) is 2.46. The van der Waals surface area contributed by atoms with Crippen LogP contribution in [0.2, 0.25) is 0 Å². The molecule has 0 saturated heterocycles. The highest BCUT2D eigenvalue weighted by molar-refractivity contribution is 6.00. The average molecular weight is 227 g/mol. The van der Waals surface area contributed by atoms with Gasteiger partial charge < -0.3 is 10.5 Å². The lowest BCUT2D eigenvalue weighted by molar-refractivity contribution is -0.0493. The summed E-state index contributed by atoms with van der Waals surface area (Å²) in [6.45, 7) is -2.91. The molecule has 0 bridgehead atoms. The van der Waals surface area contributed by atoms with Crippen LogP contribution in [0, 0.1) is 5.92 Å². The molecule has 2 rings (SSSR count). The summed E-state index contributed by atoms with van der Waals surface area (Å²) in [7, 11) is 0. The fraction of sp³-hybridized carbons (Fsp3) is 0.364. The molecule has 1 fully saturated rings. The van der Waals surface area contributed by atoms with Gasteiger partial charge in [0.1, 0.15) is 5.75 Å². The molecular formula is C11H11F2NO2. The van der Waals surface area contributed by atoms with Crippen molar-refractivity contribution in [2.45, 2.75) is 19.5 Å². The molecule has 1 aromatic carbocycles. The second-order valence-electron chi connectivity index (χ2n) is 3.77. The molecule has 86 valence electrons. The zero-order valence-corrected chi connectivity index (χ0v) is 8.45. The first-order valence-electron chi connectivity index (χ1n) is 4.96. The number of nitrogens with two attached hydrogens (primary N) is 1.